The molecule has 0 fully saturated rings. The molecule has 0 aliphatic carbocycles. The molecule has 37 heavy (non-hydrogen) atoms. The molecule has 0 spiro atoms. The number of hydrogen-bond donors (Lipinski definition) is 3. The van der Waals surface area contributed by atoms with Crippen LogP contribution >= 0.6 is 0 Å². The fourth-order valence-electron chi connectivity index (χ4n) is 4.51. The summed E-state index contributed by atoms with van der Waals surface area (Å²) < 4.78 is 11.5. The second-order valence-corrected chi connectivity index (χ2v) is 9.94. The Balaban J connectivity index is 1.47. The van der Waals surface area contributed by atoms with E-state index >= 15 is 0 Å². The first-order valence-corrected chi connectivity index (χ1v) is 13.2. The molecular formula is C31H40O6. The normalized spacial score (nSPS) is 12.9. The van der Waals surface area contributed by atoms with E-state index < -0.39 is 6.10 Å². The van der Waals surface area contributed by atoms with Gasteiger partial charge in [0.15, 0.2) is 11.5 Å². The van der Waals surface area contributed by atoms with Crippen LogP contribution in [0.25, 0.3) is 10.8 Å². The molecule has 0 radical (unpaired) electrons. The smallest absolute Gasteiger partial charge is 0.161 e. The molecule has 0 aromatic heterocycles. The second kappa shape index (κ2) is 14.6. The lowest BCUT2D eigenvalue weighted by atomic mass is 9.97. The lowest BCUT2D eigenvalue weighted by molar-refractivity contribution is -0.121. The van der Waals surface area contributed by atoms with E-state index in [2.05, 4.69) is 6.92 Å². The number of carbonyl (C=O) groups is 1. The lowest BCUT2D eigenvalue weighted by Gasteiger charge is -2.14. The van der Waals surface area contributed by atoms with Crippen LogP contribution < -0.4 is 9.47 Å². The Hall–Kier alpha value is -3.09. The van der Waals surface area contributed by atoms with Crippen molar-refractivity contribution in [2.45, 2.75) is 71.0 Å². The first-order valence-electron chi connectivity index (χ1n) is 13.2. The highest BCUT2D eigenvalue weighted by molar-refractivity contribution is 5.84. The van der Waals surface area contributed by atoms with Gasteiger partial charge in [0.1, 0.15) is 18.1 Å². The maximum atomic E-state index is 12.4. The quantitative estimate of drug-likeness (QED) is 0.207. The van der Waals surface area contributed by atoms with Crippen molar-refractivity contribution in [3.8, 4) is 17.2 Å². The first kappa shape index (κ1) is 28.5. The molecule has 0 aliphatic rings. The zero-order chi connectivity index (χ0) is 26.6. The topological polar surface area (TPSA) is 96.2 Å². The van der Waals surface area contributed by atoms with Crippen LogP contribution in [0.5, 0.6) is 17.2 Å². The van der Waals surface area contributed by atoms with Gasteiger partial charge in [-0.2, -0.15) is 0 Å². The van der Waals surface area contributed by atoms with Gasteiger partial charge < -0.3 is 24.8 Å². The van der Waals surface area contributed by atoms with Crippen molar-refractivity contribution in [2.75, 3.05) is 13.7 Å². The lowest BCUT2D eigenvalue weighted by Crippen LogP contribution is -2.14. The Morgan fingerprint density at radius 1 is 0.892 bits per heavy atom. The number of phenolic OH excluding ortho intramolecular Hbond substituents is 1. The number of methoxy groups -OCH3 is 1. The van der Waals surface area contributed by atoms with E-state index in [4.69, 9.17) is 14.6 Å². The highest BCUT2D eigenvalue weighted by Crippen LogP contribution is 2.30. The summed E-state index contributed by atoms with van der Waals surface area (Å²) in [5.41, 5.74) is 1.98. The monoisotopic (exact) mass is 508 g/mol. The van der Waals surface area contributed by atoms with Crippen LogP contribution in [0, 0.1) is 5.92 Å². The number of aliphatic hydroxyl groups is 2. The summed E-state index contributed by atoms with van der Waals surface area (Å²) in [7, 11) is 1.60. The maximum absolute atomic E-state index is 12.4. The van der Waals surface area contributed by atoms with Crippen LogP contribution in [0.3, 0.4) is 0 Å². The molecule has 6 nitrogen and oxygen atoms in total. The Morgan fingerprint density at radius 3 is 2.41 bits per heavy atom. The zero-order valence-electron chi connectivity index (χ0n) is 22.0. The number of benzene rings is 3. The van der Waals surface area contributed by atoms with Crippen molar-refractivity contribution in [3.05, 3.63) is 65.7 Å². The van der Waals surface area contributed by atoms with Crippen molar-refractivity contribution in [2.24, 2.45) is 5.92 Å². The molecule has 200 valence electrons. The second-order valence-electron chi connectivity index (χ2n) is 9.94. The van der Waals surface area contributed by atoms with E-state index in [-0.39, 0.29) is 24.6 Å². The minimum absolute atomic E-state index is 0.0571. The Morgan fingerprint density at radius 2 is 1.62 bits per heavy atom. The minimum Gasteiger partial charge on any atom is -0.508 e. The molecule has 0 saturated carbocycles. The molecule has 6 heteroatoms. The van der Waals surface area contributed by atoms with Crippen LogP contribution in [-0.2, 0) is 17.8 Å². The van der Waals surface area contributed by atoms with E-state index in [1.165, 1.54) is 0 Å². The van der Waals surface area contributed by atoms with E-state index in [1.807, 2.05) is 42.5 Å². The van der Waals surface area contributed by atoms with Crippen molar-refractivity contribution in [1.29, 1.82) is 0 Å². The van der Waals surface area contributed by atoms with E-state index in [0.29, 0.717) is 43.3 Å². The number of carbonyl (C=O) groups excluding carboxylic acids is 1. The van der Waals surface area contributed by atoms with Crippen LogP contribution in [0.1, 0.15) is 63.0 Å². The van der Waals surface area contributed by atoms with Gasteiger partial charge in [-0.05, 0) is 77.4 Å². The summed E-state index contributed by atoms with van der Waals surface area (Å²) in [6.07, 6.45) is 4.91. The molecule has 0 amide bonds. The molecule has 0 saturated heterocycles. The predicted molar refractivity (Wildman–Crippen MR) is 146 cm³/mol. The third kappa shape index (κ3) is 9.38. The number of fused-ring (bicyclic) bond motifs is 1. The van der Waals surface area contributed by atoms with Gasteiger partial charge in [-0.1, -0.05) is 50.5 Å². The summed E-state index contributed by atoms with van der Waals surface area (Å²) in [4.78, 5) is 12.4. The van der Waals surface area contributed by atoms with Gasteiger partial charge in [0.25, 0.3) is 0 Å². The van der Waals surface area contributed by atoms with Gasteiger partial charge in [0, 0.05) is 19.4 Å². The molecule has 0 aliphatic heterocycles. The van der Waals surface area contributed by atoms with Crippen LogP contribution in [0.4, 0.5) is 0 Å². The fourth-order valence-corrected chi connectivity index (χ4v) is 4.51. The number of hydrogen-bond acceptors (Lipinski definition) is 6. The third-order valence-electron chi connectivity index (χ3n) is 6.77. The molecule has 3 N–H and O–H groups in total. The summed E-state index contributed by atoms with van der Waals surface area (Å²) in [5.74, 6) is 2.04. The first-order chi connectivity index (χ1) is 17.9. The molecule has 0 unspecified atom stereocenters. The molecule has 2 atom stereocenters. The number of aryl methyl sites for hydroxylation is 1. The fraction of sp³-hybridized carbons (Fsp3) is 0.452. The maximum Gasteiger partial charge on any atom is 0.161 e. The molecule has 3 aromatic rings. The number of ether oxygens (including phenoxy) is 2. The van der Waals surface area contributed by atoms with Crippen molar-refractivity contribution in [1.82, 2.24) is 0 Å². The zero-order valence-corrected chi connectivity index (χ0v) is 22.0. The molecule has 3 aromatic carbocycles. The van der Waals surface area contributed by atoms with E-state index in [9.17, 15) is 15.0 Å². The molecule has 3 rings (SSSR count). The molecule has 0 bridgehead atoms. The van der Waals surface area contributed by atoms with Gasteiger partial charge in [0.05, 0.1) is 13.2 Å². The number of Topliss-reactive ketones (excluding diaryl/α,β-unsaturated/α-hetero) is 1. The Kier molecular flexibility index (Phi) is 11.2. The summed E-state index contributed by atoms with van der Waals surface area (Å²) in [6, 6.07) is 16.9. The number of rotatable bonds is 16. The van der Waals surface area contributed by atoms with Crippen molar-refractivity contribution < 1.29 is 29.6 Å². The van der Waals surface area contributed by atoms with Gasteiger partial charge >= 0.3 is 0 Å². The predicted octanol–water partition coefficient (Wildman–Crippen LogP) is 5.96. The van der Waals surface area contributed by atoms with Gasteiger partial charge in [-0.25, -0.2) is 0 Å². The average molecular weight is 509 g/mol. The molecule has 0 heterocycles. The van der Waals surface area contributed by atoms with E-state index in [1.54, 1.807) is 19.2 Å². The Labute approximate surface area is 219 Å². The Bertz CT molecular complexity index is 1140. The average Bonchev–Trinajstić information content (AvgIpc) is 2.89. The van der Waals surface area contributed by atoms with Gasteiger partial charge in [-0.3, -0.25) is 4.79 Å². The van der Waals surface area contributed by atoms with Crippen molar-refractivity contribution >= 4 is 16.6 Å². The summed E-state index contributed by atoms with van der Waals surface area (Å²) in [6.45, 7) is 2.71. The van der Waals surface area contributed by atoms with E-state index in [0.717, 1.165) is 47.6 Å². The number of phenols is 1. The number of aromatic hydroxyl groups is 1. The summed E-state index contributed by atoms with van der Waals surface area (Å²) in [5, 5.41) is 30.9. The highest BCUT2D eigenvalue weighted by atomic mass is 16.5. The number of aliphatic hydroxyl groups excluding tert-OH is 2. The van der Waals surface area contributed by atoms with Crippen LogP contribution in [0.15, 0.2) is 54.6 Å². The van der Waals surface area contributed by atoms with Crippen molar-refractivity contribution in [3.63, 3.8) is 0 Å². The molecular weight excluding hydrogens is 468 g/mol. The van der Waals surface area contributed by atoms with Crippen LogP contribution in [-0.4, -0.2) is 40.9 Å². The number of unbranched alkanes of at least 4 members (excludes halogenated alkanes) is 1. The van der Waals surface area contributed by atoms with Gasteiger partial charge in [0.2, 0.25) is 0 Å². The third-order valence-corrected chi connectivity index (χ3v) is 6.77. The SMILES string of the molecule is COc1ccc(CCC(=O)C[C@@H](O)CCCC[C@H](C)CCO)cc1OCc1ccc2cc(O)ccc2c1. The summed E-state index contributed by atoms with van der Waals surface area (Å²) >= 11 is 0. The standard InChI is InChI=1S/C31H40O6/c1-22(15-16-32)5-3-4-6-27(33)20-29(35)12-8-23-9-14-30(36-2)31(18-23)37-21-24-7-10-26-19-28(34)13-11-25(26)17-24/h7,9-11,13-14,17-19,22,27,32-34H,3-6,8,12,15-16,20-21H2,1-2H3/t22-,27-/m0/s1. The highest BCUT2D eigenvalue weighted by Gasteiger charge is 2.13. The van der Waals surface area contributed by atoms with Gasteiger partial charge in [-0.15, -0.1) is 0 Å². The minimum atomic E-state index is -0.596. The largest absolute Gasteiger partial charge is 0.508 e. The number of ketones is 1. The van der Waals surface area contributed by atoms with Crippen LogP contribution in [0.2, 0.25) is 0 Å².